The summed E-state index contributed by atoms with van der Waals surface area (Å²) >= 11 is 0. The summed E-state index contributed by atoms with van der Waals surface area (Å²) in [6, 6.07) is 7.45. The van der Waals surface area contributed by atoms with E-state index >= 15 is 0 Å². The Hall–Kier alpha value is -2.83. The third kappa shape index (κ3) is 3.97. The van der Waals surface area contributed by atoms with Crippen molar-refractivity contribution < 1.29 is 14.3 Å². The molecule has 1 aliphatic rings. The fourth-order valence-electron chi connectivity index (χ4n) is 3.48. The number of carbonyl (C=O) groups is 2. The molecule has 0 radical (unpaired) electrons. The molecule has 1 aliphatic heterocycles. The van der Waals surface area contributed by atoms with Gasteiger partial charge in [0.05, 0.1) is 30.6 Å². The number of anilines is 1. The van der Waals surface area contributed by atoms with Gasteiger partial charge in [-0.05, 0) is 18.6 Å². The van der Waals surface area contributed by atoms with Crippen molar-refractivity contribution >= 4 is 17.5 Å². The Labute approximate surface area is 159 Å². The summed E-state index contributed by atoms with van der Waals surface area (Å²) in [6.07, 6.45) is 6.12. The number of rotatable bonds is 6. The predicted molar refractivity (Wildman–Crippen MR) is 103 cm³/mol. The highest BCUT2D eigenvalue weighted by Crippen LogP contribution is 2.31. The van der Waals surface area contributed by atoms with Gasteiger partial charge < -0.3 is 14.5 Å². The Balaban J connectivity index is 1.87. The molecule has 7 heteroatoms. The first kappa shape index (κ1) is 18.9. The molecule has 144 valence electrons. The van der Waals surface area contributed by atoms with Crippen molar-refractivity contribution in [2.24, 2.45) is 7.05 Å². The van der Waals surface area contributed by atoms with Crippen LogP contribution in [0.3, 0.4) is 0 Å². The van der Waals surface area contributed by atoms with Crippen LogP contribution >= 0.6 is 0 Å². The molecule has 1 atom stereocenters. The SMILES string of the molecule is CCCC[C@H]1CN(c2ccccc2OC)C(=O)CN1C(=O)c1cnn(C)c1. The van der Waals surface area contributed by atoms with Gasteiger partial charge >= 0.3 is 0 Å². The maximum atomic E-state index is 13.0. The van der Waals surface area contributed by atoms with Gasteiger partial charge in [0.2, 0.25) is 5.91 Å². The average molecular weight is 370 g/mol. The largest absolute Gasteiger partial charge is 0.495 e. The minimum atomic E-state index is -0.141. The number of methoxy groups -OCH3 is 1. The number of aromatic nitrogens is 2. The van der Waals surface area contributed by atoms with Crippen molar-refractivity contribution in [1.82, 2.24) is 14.7 Å². The van der Waals surface area contributed by atoms with Crippen LogP contribution in [0.15, 0.2) is 36.7 Å². The minimum absolute atomic E-state index is 0.0414. The summed E-state index contributed by atoms with van der Waals surface area (Å²) in [5.41, 5.74) is 1.26. The summed E-state index contributed by atoms with van der Waals surface area (Å²) < 4.78 is 7.02. The lowest BCUT2D eigenvalue weighted by atomic mass is 10.0. The predicted octanol–water partition coefficient (Wildman–Crippen LogP) is 2.48. The molecule has 3 rings (SSSR count). The number of piperazine rings is 1. The standard InChI is InChI=1S/C20H26N4O3/c1-4-5-8-16-13-24(17-9-6-7-10-18(17)27-3)19(25)14-23(16)20(26)15-11-21-22(2)12-15/h6-7,9-12,16H,4-5,8,13-14H2,1-3H3/t16-/m0/s1. The van der Waals surface area contributed by atoms with Crippen LogP contribution in [0.25, 0.3) is 0 Å². The number of aryl methyl sites for hydroxylation is 1. The van der Waals surface area contributed by atoms with E-state index in [2.05, 4.69) is 12.0 Å². The lowest BCUT2D eigenvalue weighted by molar-refractivity contribution is -0.121. The first-order chi connectivity index (χ1) is 13.0. The van der Waals surface area contributed by atoms with Gasteiger partial charge in [-0.2, -0.15) is 5.10 Å². The van der Waals surface area contributed by atoms with Gasteiger partial charge in [0, 0.05) is 19.8 Å². The van der Waals surface area contributed by atoms with Gasteiger partial charge in [-0.25, -0.2) is 0 Å². The first-order valence-electron chi connectivity index (χ1n) is 9.28. The zero-order valence-corrected chi connectivity index (χ0v) is 16.1. The molecule has 7 nitrogen and oxygen atoms in total. The zero-order chi connectivity index (χ0) is 19.4. The Morgan fingerprint density at radius 3 is 2.78 bits per heavy atom. The lowest BCUT2D eigenvalue weighted by Crippen LogP contribution is -2.58. The molecule has 2 amide bonds. The fraction of sp³-hybridized carbons (Fsp3) is 0.450. The van der Waals surface area contributed by atoms with E-state index in [1.165, 1.54) is 0 Å². The minimum Gasteiger partial charge on any atom is -0.495 e. The van der Waals surface area contributed by atoms with Crippen LogP contribution in [-0.4, -0.2) is 52.7 Å². The van der Waals surface area contributed by atoms with E-state index in [9.17, 15) is 9.59 Å². The maximum Gasteiger partial charge on any atom is 0.257 e. The quantitative estimate of drug-likeness (QED) is 0.783. The van der Waals surface area contributed by atoms with Crippen LogP contribution < -0.4 is 9.64 Å². The highest BCUT2D eigenvalue weighted by molar-refractivity contribution is 6.02. The smallest absolute Gasteiger partial charge is 0.257 e. The molecular formula is C20H26N4O3. The highest BCUT2D eigenvalue weighted by Gasteiger charge is 2.36. The summed E-state index contributed by atoms with van der Waals surface area (Å²) in [7, 11) is 3.37. The molecule has 0 unspecified atom stereocenters. The first-order valence-corrected chi connectivity index (χ1v) is 9.28. The Morgan fingerprint density at radius 2 is 2.11 bits per heavy atom. The molecule has 1 aromatic carbocycles. The van der Waals surface area contributed by atoms with E-state index in [4.69, 9.17) is 4.74 Å². The number of para-hydroxylation sites is 2. The van der Waals surface area contributed by atoms with Crippen LogP contribution in [0.4, 0.5) is 5.69 Å². The zero-order valence-electron chi connectivity index (χ0n) is 16.1. The van der Waals surface area contributed by atoms with E-state index in [0.29, 0.717) is 17.9 Å². The van der Waals surface area contributed by atoms with Gasteiger partial charge in [-0.3, -0.25) is 14.3 Å². The van der Waals surface area contributed by atoms with E-state index in [0.717, 1.165) is 24.9 Å². The Morgan fingerprint density at radius 1 is 1.33 bits per heavy atom. The van der Waals surface area contributed by atoms with E-state index < -0.39 is 0 Å². The second-order valence-corrected chi connectivity index (χ2v) is 6.81. The van der Waals surface area contributed by atoms with Gasteiger partial charge in [-0.15, -0.1) is 0 Å². The normalized spacial score (nSPS) is 17.3. The third-order valence-electron chi connectivity index (χ3n) is 4.92. The van der Waals surface area contributed by atoms with Crippen LogP contribution in [0.2, 0.25) is 0 Å². The third-order valence-corrected chi connectivity index (χ3v) is 4.92. The summed E-state index contributed by atoms with van der Waals surface area (Å²) in [4.78, 5) is 29.3. The Bertz CT molecular complexity index is 817. The monoisotopic (exact) mass is 370 g/mol. The number of unbranched alkanes of at least 4 members (excludes halogenated alkanes) is 1. The number of hydrogen-bond donors (Lipinski definition) is 0. The van der Waals surface area contributed by atoms with E-state index in [1.807, 2.05) is 24.3 Å². The van der Waals surface area contributed by atoms with Gasteiger partial charge in [0.15, 0.2) is 0 Å². The molecule has 2 aromatic rings. The number of nitrogens with zero attached hydrogens (tertiary/aromatic N) is 4. The number of amides is 2. The number of hydrogen-bond acceptors (Lipinski definition) is 4. The molecule has 27 heavy (non-hydrogen) atoms. The number of benzene rings is 1. The van der Waals surface area contributed by atoms with Crippen molar-refractivity contribution in [1.29, 1.82) is 0 Å². The van der Waals surface area contributed by atoms with Crippen molar-refractivity contribution in [3.8, 4) is 5.75 Å². The van der Waals surface area contributed by atoms with Crippen molar-refractivity contribution in [2.75, 3.05) is 25.1 Å². The van der Waals surface area contributed by atoms with Gasteiger partial charge in [0.25, 0.3) is 5.91 Å². The molecule has 0 spiro atoms. The van der Waals surface area contributed by atoms with Crippen LogP contribution in [0.1, 0.15) is 36.5 Å². The molecule has 0 bridgehead atoms. The second-order valence-electron chi connectivity index (χ2n) is 6.81. The van der Waals surface area contributed by atoms with Crippen molar-refractivity contribution in [3.05, 3.63) is 42.2 Å². The molecule has 1 aromatic heterocycles. The van der Waals surface area contributed by atoms with Crippen LogP contribution in [0.5, 0.6) is 5.75 Å². The average Bonchev–Trinajstić information content (AvgIpc) is 3.12. The molecule has 2 heterocycles. The number of carbonyl (C=O) groups excluding carboxylic acids is 2. The number of ether oxygens (including phenoxy) is 1. The summed E-state index contributed by atoms with van der Waals surface area (Å²) in [5.74, 6) is 0.411. The van der Waals surface area contributed by atoms with Crippen molar-refractivity contribution in [3.63, 3.8) is 0 Å². The lowest BCUT2D eigenvalue weighted by Gasteiger charge is -2.41. The van der Waals surface area contributed by atoms with E-state index in [1.54, 1.807) is 41.0 Å². The van der Waals surface area contributed by atoms with E-state index in [-0.39, 0.29) is 24.4 Å². The summed E-state index contributed by atoms with van der Waals surface area (Å²) in [6.45, 7) is 2.64. The second kappa shape index (κ2) is 8.24. The fourth-order valence-corrected chi connectivity index (χ4v) is 3.48. The Kier molecular flexibility index (Phi) is 5.78. The highest BCUT2D eigenvalue weighted by atomic mass is 16.5. The molecule has 0 N–H and O–H groups in total. The van der Waals surface area contributed by atoms with Gasteiger partial charge in [-0.1, -0.05) is 31.9 Å². The van der Waals surface area contributed by atoms with Crippen molar-refractivity contribution in [2.45, 2.75) is 32.2 Å². The molecule has 1 saturated heterocycles. The summed E-state index contributed by atoms with van der Waals surface area (Å²) in [5, 5.41) is 4.08. The molecule has 0 aliphatic carbocycles. The molecular weight excluding hydrogens is 344 g/mol. The van der Waals surface area contributed by atoms with Crippen LogP contribution in [-0.2, 0) is 11.8 Å². The maximum absolute atomic E-state index is 13.0. The topological polar surface area (TPSA) is 67.7 Å². The van der Waals surface area contributed by atoms with Crippen LogP contribution in [0, 0.1) is 0 Å². The van der Waals surface area contributed by atoms with Gasteiger partial charge in [0.1, 0.15) is 12.3 Å². The molecule has 1 fully saturated rings. The molecule has 0 saturated carbocycles.